The third-order valence-corrected chi connectivity index (χ3v) is 5.33. The number of hydrogen-bond donors (Lipinski definition) is 1. The maximum Gasteiger partial charge on any atom is 0.157 e. The molecule has 6 heteroatoms. The van der Waals surface area contributed by atoms with Crippen molar-refractivity contribution in [1.29, 1.82) is 0 Å². The average Bonchev–Trinajstić information content (AvgIpc) is 2.23. The Morgan fingerprint density at radius 1 is 1.35 bits per heavy atom. The van der Waals surface area contributed by atoms with E-state index in [9.17, 15) is 8.42 Å². The Morgan fingerprint density at radius 2 is 2.00 bits per heavy atom. The van der Waals surface area contributed by atoms with E-state index in [1.807, 2.05) is 0 Å². The van der Waals surface area contributed by atoms with Crippen molar-refractivity contribution in [2.75, 3.05) is 6.54 Å². The van der Waals surface area contributed by atoms with Crippen LogP contribution in [0.2, 0.25) is 10.0 Å². The molecule has 1 aromatic carbocycles. The molecule has 0 aliphatic carbocycles. The third kappa shape index (κ3) is 4.14. The summed E-state index contributed by atoms with van der Waals surface area (Å²) in [7, 11) is -3.24. The van der Waals surface area contributed by atoms with Gasteiger partial charge in [-0.25, -0.2) is 8.42 Å². The maximum atomic E-state index is 12.0. The molecule has 0 saturated carbocycles. The molecule has 0 fully saturated rings. The van der Waals surface area contributed by atoms with Crippen LogP contribution in [-0.4, -0.2) is 20.2 Å². The molecule has 2 N–H and O–H groups in total. The minimum atomic E-state index is -3.24. The zero-order chi connectivity index (χ0) is 13.1. The van der Waals surface area contributed by atoms with Crippen LogP contribution in [0.1, 0.15) is 18.9 Å². The Kier molecular flexibility index (Phi) is 5.25. The normalized spacial score (nSPS) is 13.6. The molecule has 0 amide bonds. The molecular weight excluding hydrogens is 281 g/mol. The van der Waals surface area contributed by atoms with E-state index in [4.69, 9.17) is 28.9 Å². The number of sulfone groups is 1. The van der Waals surface area contributed by atoms with Crippen LogP contribution in [0.4, 0.5) is 0 Å². The molecule has 1 atom stereocenters. The van der Waals surface area contributed by atoms with Crippen molar-refractivity contribution in [2.45, 2.75) is 24.3 Å². The van der Waals surface area contributed by atoms with Crippen molar-refractivity contribution >= 4 is 33.0 Å². The quantitative estimate of drug-likeness (QED) is 0.908. The Balaban J connectivity index is 2.94. The van der Waals surface area contributed by atoms with Gasteiger partial charge in [0.15, 0.2) is 9.84 Å². The van der Waals surface area contributed by atoms with Crippen molar-refractivity contribution in [3.05, 3.63) is 33.8 Å². The minimum absolute atomic E-state index is 0.104. The van der Waals surface area contributed by atoms with Crippen LogP contribution in [0.5, 0.6) is 0 Å². The molecule has 96 valence electrons. The predicted octanol–water partition coefficient (Wildman–Crippen LogP) is 2.65. The molecule has 0 aliphatic heterocycles. The average molecular weight is 296 g/mol. The second-order valence-corrected chi connectivity index (χ2v) is 7.19. The first kappa shape index (κ1) is 14.8. The fourth-order valence-corrected chi connectivity index (χ4v) is 3.34. The zero-order valence-corrected chi connectivity index (χ0v) is 11.8. The highest BCUT2D eigenvalue weighted by atomic mass is 35.5. The summed E-state index contributed by atoms with van der Waals surface area (Å²) in [5, 5.41) is 0.423. The van der Waals surface area contributed by atoms with E-state index >= 15 is 0 Å². The Labute approximate surface area is 112 Å². The molecule has 0 bridgehead atoms. The number of benzene rings is 1. The lowest BCUT2D eigenvalue weighted by atomic mass is 10.2. The van der Waals surface area contributed by atoms with Crippen LogP contribution in [0.3, 0.4) is 0 Å². The van der Waals surface area contributed by atoms with Crippen LogP contribution in [0.15, 0.2) is 18.2 Å². The summed E-state index contributed by atoms with van der Waals surface area (Å²) < 4.78 is 24.0. The van der Waals surface area contributed by atoms with Crippen molar-refractivity contribution in [1.82, 2.24) is 0 Å². The van der Waals surface area contributed by atoms with E-state index in [0.29, 0.717) is 28.6 Å². The highest BCUT2D eigenvalue weighted by Crippen LogP contribution is 2.24. The second kappa shape index (κ2) is 6.05. The first-order chi connectivity index (χ1) is 7.86. The molecule has 0 aliphatic rings. The molecule has 1 rings (SSSR count). The monoisotopic (exact) mass is 295 g/mol. The lowest BCUT2D eigenvalue weighted by Gasteiger charge is -2.12. The van der Waals surface area contributed by atoms with Crippen LogP contribution < -0.4 is 5.73 Å². The van der Waals surface area contributed by atoms with Crippen LogP contribution in [0, 0.1) is 0 Å². The van der Waals surface area contributed by atoms with E-state index in [1.54, 1.807) is 25.1 Å². The third-order valence-electron chi connectivity index (χ3n) is 2.55. The van der Waals surface area contributed by atoms with Crippen LogP contribution in [0.25, 0.3) is 0 Å². The van der Waals surface area contributed by atoms with Gasteiger partial charge in [0.05, 0.1) is 11.0 Å². The molecule has 1 unspecified atom stereocenters. The standard InChI is InChI=1S/C11H15Cl2NO2S/c1-8(4-5-14)17(15,16)7-9-6-10(12)2-3-11(9)13/h2-3,6,8H,4-5,7,14H2,1H3. The van der Waals surface area contributed by atoms with Crippen molar-refractivity contribution < 1.29 is 8.42 Å². The topological polar surface area (TPSA) is 60.2 Å². The highest BCUT2D eigenvalue weighted by molar-refractivity contribution is 7.91. The van der Waals surface area contributed by atoms with Crippen LogP contribution >= 0.6 is 23.2 Å². The summed E-state index contributed by atoms with van der Waals surface area (Å²) in [6.45, 7) is 2.00. The molecule has 0 saturated heterocycles. The SMILES string of the molecule is CC(CCN)S(=O)(=O)Cc1cc(Cl)ccc1Cl. The first-order valence-corrected chi connectivity index (χ1v) is 7.69. The van der Waals surface area contributed by atoms with Crippen LogP contribution in [-0.2, 0) is 15.6 Å². The smallest absolute Gasteiger partial charge is 0.157 e. The Bertz CT molecular complexity index is 488. The fraction of sp³-hybridized carbons (Fsp3) is 0.455. The zero-order valence-electron chi connectivity index (χ0n) is 9.49. The predicted molar refractivity (Wildman–Crippen MR) is 72.2 cm³/mol. The summed E-state index contributed by atoms with van der Waals surface area (Å²) >= 11 is 11.7. The highest BCUT2D eigenvalue weighted by Gasteiger charge is 2.21. The minimum Gasteiger partial charge on any atom is -0.330 e. The number of nitrogens with two attached hydrogens (primary N) is 1. The van der Waals surface area contributed by atoms with Crippen molar-refractivity contribution in [2.24, 2.45) is 5.73 Å². The van der Waals surface area contributed by atoms with Gasteiger partial charge in [0.25, 0.3) is 0 Å². The van der Waals surface area contributed by atoms with Gasteiger partial charge in [0.1, 0.15) is 0 Å². The van der Waals surface area contributed by atoms with Gasteiger partial charge in [0, 0.05) is 10.0 Å². The molecule has 17 heavy (non-hydrogen) atoms. The van der Waals surface area contributed by atoms with E-state index in [2.05, 4.69) is 0 Å². The summed E-state index contributed by atoms with van der Waals surface area (Å²) in [5.41, 5.74) is 5.89. The van der Waals surface area contributed by atoms with Gasteiger partial charge in [-0.1, -0.05) is 23.2 Å². The summed E-state index contributed by atoms with van der Waals surface area (Å²) in [5.74, 6) is -0.104. The van der Waals surface area contributed by atoms with Crippen molar-refractivity contribution in [3.63, 3.8) is 0 Å². The van der Waals surface area contributed by atoms with Crippen molar-refractivity contribution in [3.8, 4) is 0 Å². The summed E-state index contributed by atoms with van der Waals surface area (Å²) in [6.07, 6.45) is 0.445. The number of halogens is 2. The lowest BCUT2D eigenvalue weighted by molar-refractivity contribution is 0.577. The van der Waals surface area contributed by atoms with Gasteiger partial charge < -0.3 is 5.73 Å². The van der Waals surface area contributed by atoms with E-state index in [-0.39, 0.29) is 5.75 Å². The summed E-state index contributed by atoms with van der Waals surface area (Å²) in [6, 6.07) is 4.81. The molecule has 0 heterocycles. The van der Waals surface area contributed by atoms with Gasteiger partial charge in [-0.3, -0.25) is 0 Å². The first-order valence-electron chi connectivity index (χ1n) is 5.22. The lowest BCUT2D eigenvalue weighted by Crippen LogP contribution is -2.22. The molecule has 0 spiro atoms. The van der Waals surface area contributed by atoms with E-state index < -0.39 is 15.1 Å². The molecule has 0 aromatic heterocycles. The van der Waals surface area contributed by atoms with Gasteiger partial charge in [-0.2, -0.15) is 0 Å². The fourth-order valence-electron chi connectivity index (χ4n) is 1.43. The maximum absolute atomic E-state index is 12.0. The van der Waals surface area contributed by atoms with E-state index in [1.165, 1.54) is 0 Å². The second-order valence-electron chi connectivity index (χ2n) is 3.93. The van der Waals surface area contributed by atoms with Gasteiger partial charge >= 0.3 is 0 Å². The van der Waals surface area contributed by atoms with E-state index in [0.717, 1.165) is 0 Å². The number of rotatable bonds is 5. The van der Waals surface area contributed by atoms with Gasteiger partial charge in [0.2, 0.25) is 0 Å². The molecule has 3 nitrogen and oxygen atoms in total. The molecule has 1 aromatic rings. The van der Waals surface area contributed by atoms with Gasteiger partial charge in [-0.05, 0) is 43.7 Å². The molecule has 0 radical (unpaired) electrons. The largest absolute Gasteiger partial charge is 0.330 e. The molecular formula is C11H15Cl2NO2S. The number of hydrogen-bond acceptors (Lipinski definition) is 3. The van der Waals surface area contributed by atoms with Gasteiger partial charge in [-0.15, -0.1) is 0 Å². The summed E-state index contributed by atoms with van der Waals surface area (Å²) in [4.78, 5) is 0. The Morgan fingerprint density at radius 3 is 2.59 bits per heavy atom. The Hall–Kier alpha value is -0.290.